The first-order valence-electron chi connectivity index (χ1n) is 12.5. The summed E-state index contributed by atoms with van der Waals surface area (Å²) in [6, 6.07) is 26.9. The number of amides is 1. The van der Waals surface area contributed by atoms with E-state index in [2.05, 4.69) is 65.8 Å². The molecule has 1 aliphatic heterocycles. The molecule has 3 aromatic rings. The molecular weight excluding hydrogens is 418 g/mol. The Morgan fingerprint density at radius 3 is 2.26 bits per heavy atom. The van der Waals surface area contributed by atoms with Crippen LogP contribution in [-0.4, -0.2) is 36.5 Å². The third-order valence-corrected chi connectivity index (χ3v) is 7.77. The van der Waals surface area contributed by atoms with Crippen molar-refractivity contribution in [3.05, 3.63) is 101 Å². The van der Waals surface area contributed by atoms with Crippen LogP contribution in [0.3, 0.4) is 0 Å². The van der Waals surface area contributed by atoms with Crippen LogP contribution in [0.4, 0.5) is 5.69 Å². The van der Waals surface area contributed by atoms with Gasteiger partial charge in [-0.25, -0.2) is 0 Å². The molecule has 176 valence electrons. The Labute approximate surface area is 203 Å². The van der Waals surface area contributed by atoms with Crippen LogP contribution in [0.1, 0.15) is 64.6 Å². The van der Waals surface area contributed by atoms with E-state index in [1.807, 2.05) is 30.3 Å². The summed E-state index contributed by atoms with van der Waals surface area (Å²) in [5.41, 5.74) is 12.0. The number of nitrogens with zero attached hydrogens (tertiary/aromatic N) is 1. The summed E-state index contributed by atoms with van der Waals surface area (Å²) in [5.74, 6) is 0.934. The highest BCUT2D eigenvalue weighted by molar-refractivity contribution is 6.04. The Bertz CT molecular complexity index is 1100. The van der Waals surface area contributed by atoms with E-state index in [-0.39, 0.29) is 11.4 Å². The molecule has 0 spiro atoms. The number of aryl methyl sites for hydroxylation is 1. The molecule has 1 saturated heterocycles. The number of nitrogens with two attached hydrogens (primary N) is 1. The number of nitrogens with one attached hydrogen (secondary N) is 1. The molecule has 0 aromatic heterocycles. The molecule has 4 heteroatoms. The Morgan fingerprint density at radius 2 is 1.59 bits per heavy atom. The van der Waals surface area contributed by atoms with Gasteiger partial charge in [-0.15, -0.1) is 0 Å². The Balaban J connectivity index is 1.14. The van der Waals surface area contributed by atoms with Crippen molar-refractivity contribution in [3.63, 3.8) is 0 Å². The molecule has 2 aliphatic rings. The number of carbonyl (C=O) groups excluding carboxylic acids is 1. The van der Waals surface area contributed by atoms with E-state index in [0.29, 0.717) is 17.4 Å². The van der Waals surface area contributed by atoms with Crippen molar-refractivity contribution in [1.29, 1.82) is 0 Å². The number of hydrogen-bond acceptors (Lipinski definition) is 3. The van der Waals surface area contributed by atoms with E-state index in [1.165, 1.54) is 29.5 Å². The third-order valence-electron chi connectivity index (χ3n) is 7.77. The SMILES string of the molecule is CN1CCC(c2ccc(C(=O)Nc3ccc([C@@H]4C[C@]4(N)CCc4ccccc4)cc3)cc2)CC1. The number of hydrogen-bond donors (Lipinski definition) is 2. The predicted molar refractivity (Wildman–Crippen MR) is 139 cm³/mol. The molecule has 2 fully saturated rings. The molecule has 0 bridgehead atoms. The average molecular weight is 454 g/mol. The summed E-state index contributed by atoms with van der Waals surface area (Å²) in [6.45, 7) is 2.28. The molecule has 4 nitrogen and oxygen atoms in total. The summed E-state index contributed by atoms with van der Waals surface area (Å²) in [4.78, 5) is 15.1. The smallest absolute Gasteiger partial charge is 0.255 e. The number of rotatable bonds is 7. The monoisotopic (exact) mass is 453 g/mol. The quantitative estimate of drug-likeness (QED) is 0.492. The molecule has 3 aromatic carbocycles. The first-order chi connectivity index (χ1) is 16.5. The topological polar surface area (TPSA) is 58.4 Å². The standard InChI is InChI=1S/C30H35N3O/c1-33-19-16-24(17-20-33)23-7-9-26(10-8-23)29(34)32-27-13-11-25(12-14-27)28-21-30(28,31)18-15-22-5-3-2-4-6-22/h2-14,24,28H,15-21,31H2,1H3,(H,32,34)/t28-,30+/m0/s1. The zero-order valence-electron chi connectivity index (χ0n) is 20.0. The number of carbonyl (C=O) groups is 1. The fourth-order valence-electron chi connectivity index (χ4n) is 5.32. The minimum absolute atomic E-state index is 0.0647. The van der Waals surface area contributed by atoms with E-state index in [4.69, 9.17) is 5.73 Å². The number of likely N-dealkylation sites (tertiary alicyclic amines) is 1. The van der Waals surface area contributed by atoms with E-state index in [0.717, 1.165) is 38.0 Å². The number of benzene rings is 3. The van der Waals surface area contributed by atoms with E-state index < -0.39 is 0 Å². The van der Waals surface area contributed by atoms with Crippen molar-refractivity contribution in [2.75, 3.05) is 25.5 Å². The van der Waals surface area contributed by atoms with Gasteiger partial charge in [0.25, 0.3) is 5.91 Å². The summed E-state index contributed by atoms with van der Waals surface area (Å²) < 4.78 is 0. The highest BCUT2D eigenvalue weighted by Gasteiger charge is 2.50. The second-order valence-electron chi connectivity index (χ2n) is 10.3. The second kappa shape index (κ2) is 9.73. The maximum Gasteiger partial charge on any atom is 0.255 e. The summed E-state index contributed by atoms with van der Waals surface area (Å²) in [6.07, 6.45) is 5.40. The number of anilines is 1. The number of piperidine rings is 1. The van der Waals surface area contributed by atoms with Crippen molar-refractivity contribution in [1.82, 2.24) is 4.90 Å². The van der Waals surface area contributed by atoms with Crippen LogP contribution < -0.4 is 11.1 Å². The molecule has 1 heterocycles. The van der Waals surface area contributed by atoms with Crippen molar-refractivity contribution in [2.24, 2.45) is 5.73 Å². The Morgan fingerprint density at radius 1 is 0.941 bits per heavy atom. The lowest BCUT2D eigenvalue weighted by molar-refractivity contribution is 0.102. The van der Waals surface area contributed by atoms with Gasteiger partial charge >= 0.3 is 0 Å². The van der Waals surface area contributed by atoms with Gasteiger partial charge in [0.2, 0.25) is 0 Å². The van der Waals surface area contributed by atoms with Crippen LogP contribution in [0, 0.1) is 0 Å². The van der Waals surface area contributed by atoms with Crippen LogP contribution in [0.15, 0.2) is 78.9 Å². The van der Waals surface area contributed by atoms with Gasteiger partial charge < -0.3 is 16.0 Å². The minimum Gasteiger partial charge on any atom is -0.325 e. The van der Waals surface area contributed by atoms with Crippen molar-refractivity contribution < 1.29 is 4.79 Å². The molecule has 0 radical (unpaired) electrons. The van der Waals surface area contributed by atoms with E-state index >= 15 is 0 Å². The van der Waals surface area contributed by atoms with Gasteiger partial charge in [-0.3, -0.25) is 4.79 Å². The molecule has 3 N–H and O–H groups in total. The lowest BCUT2D eigenvalue weighted by atomic mass is 9.89. The highest BCUT2D eigenvalue weighted by Crippen LogP contribution is 2.52. The molecule has 0 unspecified atom stereocenters. The van der Waals surface area contributed by atoms with E-state index in [1.54, 1.807) is 0 Å². The highest BCUT2D eigenvalue weighted by atomic mass is 16.1. The summed E-state index contributed by atoms with van der Waals surface area (Å²) in [5, 5.41) is 3.04. The third kappa shape index (κ3) is 5.24. The summed E-state index contributed by atoms with van der Waals surface area (Å²) in [7, 11) is 2.18. The van der Waals surface area contributed by atoms with Crippen molar-refractivity contribution in [3.8, 4) is 0 Å². The van der Waals surface area contributed by atoms with Gasteiger partial charge in [-0.2, -0.15) is 0 Å². The predicted octanol–water partition coefficient (Wildman–Crippen LogP) is 5.57. The zero-order chi connectivity index (χ0) is 23.5. The van der Waals surface area contributed by atoms with Crippen LogP contribution >= 0.6 is 0 Å². The summed E-state index contributed by atoms with van der Waals surface area (Å²) >= 11 is 0. The van der Waals surface area contributed by atoms with Crippen molar-refractivity contribution >= 4 is 11.6 Å². The second-order valence-corrected chi connectivity index (χ2v) is 10.3. The average Bonchev–Trinajstić information content (AvgIpc) is 3.56. The van der Waals surface area contributed by atoms with Gasteiger partial charge in [0.05, 0.1) is 0 Å². The Kier molecular flexibility index (Phi) is 6.53. The van der Waals surface area contributed by atoms with Gasteiger partial charge in [0.15, 0.2) is 0 Å². The van der Waals surface area contributed by atoms with Gasteiger partial charge in [-0.1, -0.05) is 54.6 Å². The fraction of sp³-hybridized carbons (Fsp3) is 0.367. The zero-order valence-corrected chi connectivity index (χ0v) is 20.0. The van der Waals surface area contributed by atoms with Gasteiger partial charge in [0, 0.05) is 22.7 Å². The van der Waals surface area contributed by atoms with Gasteiger partial charge in [-0.05, 0) is 99.1 Å². The van der Waals surface area contributed by atoms with Crippen LogP contribution in [0.25, 0.3) is 0 Å². The van der Waals surface area contributed by atoms with Gasteiger partial charge in [0.1, 0.15) is 0 Å². The first kappa shape index (κ1) is 22.8. The lowest BCUT2D eigenvalue weighted by Crippen LogP contribution is -2.29. The molecule has 1 amide bonds. The van der Waals surface area contributed by atoms with Crippen molar-refractivity contribution in [2.45, 2.75) is 49.5 Å². The largest absolute Gasteiger partial charge is 0.325 e. The maximum absolute atomic E-state index is 12.8. The molecule has 2 atom stereocenters. The molecule has 1 aliphatic carbocycles. The molecule has 1 saturated carbocycles. The van der Waals surface area contributed by atoms with E-state index in [9.17, 15) is 4.79 Å². The Hall–Kier alpha value is -2.95. The normalized spacial score (nSPS) is 22.9. The maximum atomic E-state index is 12.8. The molecule has 5 rings (SSSR count). The minimum atomic E-state index is -0.115. The lowest BCUT2D eigenvalue weighted by Gasteiger charge is -2.29. The molecular formula is C30H35N3O. The van der Waals surface area contributed by atoms with Crippen LogP contribution in [0.2, 0.25) is 0 Å². The van der Waals surface area contributed by atoms with Crippen LogP contribution in [-0.2, 0) is 6.42 Å². The fourth-order valence-corrected chi connectivity index (χ4v) is 5.32. The van der Waals surface area contributed by atoms with Crippen LogP contribution in [0.5, 0.6) is 0 Å². The first-order valence-corrected chi connectivity index (χ1v) is 12.5. The molecule has 34 heavy (non-hydrogen) atoms.